The topological polar surface area (TPSA) is 69.6 Å². The fourth-order valence-electron chi connectivity index (χ4n) is 3.89. The minimum Gasteiger partial charge on any atom is -0.480 e. The summed E-state index contributed by atoms with van der Waals surface area (Å²) in [6.07, 6.45) is 3.81. The molecule has 0 spiro atoms. The van der Waals surface area contributed by atoms with Crippen molar-refractivity contribution in [1.82, 2.24) is 10.2 Å². The third-order valence-electron chi connectivity index (χ3n) is 5.54. The SMILES string of the molecule is CC1CCC(NC(=O)N2CCCC(C)(C)C2C(=O)O)C1C. The van der Waals surface area contributed by atoms with E-state index in [2.05, 4.69) is 19.2 Å². The first-order valence-corrected chi connectivity index (χ1v) is 8.04. The van der Waals surface area contributed by atoms with Gasteiger partial charge < -0.3 is 15.3 Å². The Balaban J connectivity index is 2.08. The van der Waals surface area contributed by atoms with E-state index in [1.165, 1.54) is 4.90 Å². The minimum atomic E-state index is -0.900. The molecule has 21 heavy (non-hydrogen) atoms. The predicted molar refractivity (Wildman–Crippen MR) is 81.0 cm³/mol. The van der Waals surface area contributed by atoms with Crippen LogP contribution in [-0.4, -0.2) is 40.6 Å². The molecule has 0 aromatic carbocycles. The molecule has 4 atom stereocenters. The number of rotatable bonds is 2. The van der Waals surface area contributed by atoms with Gasteiger partial charge in [-0.2, -0.15) is 0 Å². The third-order valence-corrected chi connectivity index (χ3v) is 5.54. The van der Waals surface area contributed by atoms with E-state index in [9.17, 15) is 14.7 Å². The first-order valence-electron chi connectivity index (χ1n) is 8.04. The second-order valence-electron chi connectivity index (χ2n) is 7.50. The van der Waals surface area contributed by atoms with Crippen LogP contribution in [0.15, 0.2) is 0 Å². The van der Waals surface area contributed by atoms with E-state index in [0.29, 0.717) is 18.4 Å². The summed E-state index contributed by atoms with van der Waals surface area (Å²) in [7, 11) is 0. The summed E-state index contributed by atoms with van der Waals surface area (Å²) in [5.41, 5.74) is -0.379. The van der Waals surface area contributed by atoms with Gasteiger partial charge in [0.25, 0.3) is 0 Å². The highest BCUT2D eigenvalue weighted by Crippen LogP contribution is 2.36. The van der Waals surface area contributed by atoms with E-state index < -0.39 is 12.0 Å². The average molecular weight is 296 g/mol. The highest BCUT2D eigenvalue weighted by Gasteiger charge is 2.45. The van der Waals surface area contributed by atoms with Gasteiger partial charge in [-0.25, -0.2) is 9.59 Å². The van der Waals surface area contributed by atoms with Crippen LogP contribution >= 0.6 is 0 Å². The van der Waals surface area contributed by atoms with Crippen LogP contribution in [0, 0.1) is 17.3 Å². The van der Waals surface area contributed by atoms with Crippen molar-refractivity contribution in [3.63, 3.8) is 0 Å². The number of piperidine rings is 1. The van der Waals surface area contributed by atoms with Gasteiger partial charge in [-0.3, -0.25) is 0 Å². The molecule has 1 saturated heterocycles. The number of aliphatic carboxylic acids is 1. The number of nitrogens with zero attached hydrogens (tertiary/aromatic N) is 1. The van der Waals surface area contributed by atoms with E-state index in [0.717, 1.165) is 25.7 Å². The number of urea groups is 1. The molecular formula is C16H28N2O3. The molecule has 2 aliphatic rings. The van der Waals surface area contributed by atoms with E-state index in [4.69, 9.17) is 0 Å². The first-order chi connectivity index (χ1) is 9.74. The quantitative estimate of drug-likeness (QED) is 0.823. The predicted octanol–water partition coefficient (Wildman–Crippen LogP) is 2.71. The molecule has 1 aliphatic carbocycles. The fraction of sp³-hybridized carbons (Fsp3) is 0.875. The highest BCUT2D eigenvalue weighted by molar-refractivity contribution is 5.83. The number of amides is 2. The van der Waals surface area contributed by atoms with Crippen molar-refractivity contribution in [3.05, 3.63) is 0 Å². The normalized spacial score (nSPS) is 35.5. The molecule has 2 N–H and O–H groups in total. The van der Waals surface area contributed by atoms with Gasteiger partial charge in [0.1, 0.15) is 6.04 Å². The van der Waals surface area contributed by atoms with Crippen molar-refractivity contribution in [2.75, 3.05) is 6.54 Å². The Hall–Kier alpha value is -1.26. The number of carboxylic acids is 1. The summed E-state index contributed by atoms with van der Waals surface area (Å²) in [5, 5.41) is 12.6. The molecule has 0 radical (unpaired) electrons. The van der Waals surface area contributed by atoms with Crippen LogP contribution in [0.5, 0.6) is 0 Å². The van der Waals surface area contributed by atoms with Crippen molar-refractivity contribution >= 4 is 12.0 Å². The molecule has 2 amide bonds. The summed E-state index contributed by atoms with van der Waals surface area (Å²) < 4.78 is 0. The van der Waals surface area contributed by atoms with Crippen molar-refractivity contribution in [3.8, 4) is 0 Å². The van der Waals surface area contributed by atoms with Crippen LogP contribution in [0.25, 0.3) is 0 Å². The number of carboxylic acid groups (broad SMARTS) is 1. The van der Waals surface area contributed by atoms with Gasteiger partial charge in [-0.15, -0.1) is 0 Å². The lowest BCUT2D eigenvalue weighted by molar-refractivity contribution is -0.148. The molecule has 2 fully saturated rings. The highest BCUT2D eigenvalue weighted by atomic mass is 16.4. The molecular weight excluding hydrogens is 268 g/mol. The third kappa shape index (κ3) is 3.16. The van der Waals surface area contributed by atoms with Crippen LogP contribution in [0.2, 0.25) is 0 Å². The molecule has 1 saturated carbocycles. The van der Waals surface area contributed by atoms with E-state index in [1.807, 2.05) is 13.8 Å². The van der Waals surface area contributed by atoms with Crippen molar-refractivity contribution in [2.45, 2.75) is 65.5 Å². The average Bonchev–Trinajstić information content (AvgIpc) is 2.68. The molecule has 0 aromatic rings. The van der Waals surface area contributed by atoms with Gasteiger partial charge >= 0.3 is 12.0 Å². The first kappa shape index (κ1) is 16.1. The molecule has 1 heterocycles. The number of nitrogens with one attached hydrogen (secondary N) is 1. The van der Waals surface area contributed by atoms with Gasteiger partial charge in [0.2, 0.25) is 0 Å². The molecule has 2 rings (SSSR count). The van der Waals surface area contributed by atoms with Crippen LogP contribution in [0.1, 0.15) is 53.4 Å². The molecule has 1 aliphatic heterocycles. The summed E-state index contributed by atoms with van der Waals surface area (Å²) in [5.74, 6) is 0.168. The number of likely N-dealkylation sites (tertiary alicyclic amines) is 1. The zero-order valence-corrected chi connectivity index (χ0v) is 13.6. The number of hydrogen-bond donors (Lipinski definition) is 2. The zero-order valence-electron chi connectivity index (χ0n) is 13.6. The van der Waals surface area contributed by atoms with E-state index >= 15 is 0 Å². The van der Waals surface area contributed by atoms with Gasteiger partial charge in [0.05, 0.1) is 0 Å². The summed E-state index contributed by atoms with van der Waals surface area (Å²) in [6, 6.07) is -0.770. The minimum absolute atomic E-state index is 0.173. The van der Waals surface area contributed by atoms with Gasteiger partial charge in [0, 0.05) is 12.6 Å². The van der Waals surface area contributed by atoms with Crippen LogP contribution < -0.4 is 5.32 Å². The number of hydrogen-bond acceptors (Lipinski definition) is 2. The van der Waals surface area contributed by atoms with Crippen LogP contribution in [-0.2, 0) is 4.79 Å². The Bertz CT molecular complexity index is 422. The van der Waals surface area contributed by atoms with Gasteiger partial charge in [0.15, 0.2) is 0 Å². The Labute approximate surface area is 127 Å². The molecule has 4 unspecified atom stereocenters. The molecule has 5 heteroatoms. The largest absolute Gasteiger partial charge is 0.480 e. The summed E-state index contributed by atoms with van der Waals surface area (Å²) in [4.78, 5) is 25.7. The van der Waals surface area contributed by atoms with Crippen molar-refractivity contribution < 1.29 is 14.7 Å². The van der Waals surface area contributed by atoms with Crippen molar-refractivity contribution in [2.24, 2.45) is 17.3 Å². The maximum absolute atomic E-state index is 12.6. The van der Waals surface area contributed by atoms with E-state index in [1.54, 1.807) is 0 Å². The summed E-state index contributed by atoms with van der Waals surface area (Å²) in [6.45, 7) is 8.78. The number of carbonyl (C=O) groups is 2. The molecule has 5 nitrogen and oxygen atoms in total. The molecule has 0 bridgehead atoms. The Morgan fingerprint density at radius 2 is 1.90 bits per heavy atom. The Morgan fingerprint density at radius 3 is 2.43 bits per heavy atom. The fourth-order valence-corrected chi connectivity index (χ4v) is 3.89. The lowest BCUT2D eigenvalue weighted by atomic mass is 9.76. The van der Waals surface area contributed by atoms with Gasteiger partial charge in [-0.05, 0) is 42.9 Å². The molecule has 0 aromatic heterocycles. The van der Waals surface area contributed by atoms with Gasteiger partial charge in [-0.1, -0.05) is 27.7 Å². The lowest BCUT2D eigenvalue weighted by Crippen LogP contribution is -2.60. The number of carbonyl (C=O) groups excluding carboxylic acids is 1. The monoisotopic (exact) mass is 296 g/mol. The maximum atomic E-state index is 12.6. The Morgan fingerprint density at radius 1 is 1.24 bits per heavy atom. The summed E-state index contributed by atoms with van der Waals surface area (Å²) >= 11 is 0. The van der Waals surface area contributed by atoms with E-state index in [-0.39, 0.29) is 17.5 Å². The van der Waals surface area contributed by atoms with Crippen molar-refractivity contribution in [1.29, 1.82) is 0 Å². The van der Waals surface area contributed by atoms with Crippen LogP contribution in [0.4, 0.5) is 4.79 Å². The Kier molecular flexibility index (Phi) is 4.49. The lowest BCUT2D eigenvalue weighted by Gasteiger charge is -2.44. The van der Waals surface area contributed by atoms with Crippen LogP contribution in [0.3, 0.4) is 0 Å². The second kappa shape index (κ2) is 5.85. The maximum Gasteiger partial charge on any atom is 0.327 e. The zero-order chi connectivity index (χ0) is 15.8. The molecule has 120 valence electrons. The standard InChI is InChI=1S/C16H28N2O3/c1-10-6-7-12(11(10)2)17-15(21)18-9-5-8-16(3,4)13(18)14(19)20/h10-13H,5-9H2,1-4H3,(H,17,21)(H,19,20). The smallest absolute Gasteiger partial charge is 0.327 e. The second-order valence-corrected chi connectivity index (χ2v) is 7.50.